The summed E-state index contributed by atoms with van der Waals surface area (Å²) < 4.78 is 7.47. The molecule has 0 fully saturated rings. The number of carboxylic acid groups (broad SMARTS) is 1. The molecule has 2 N–H and O–H groups in total. The highest BCUT2D eigenvalue weighted by Gasteiger charge is 2.22. The summed E-state index contributed by atoms with van der Waals surface area (Å²) in [5.74, 6) is -0.0653. The molecule has 0 unspecified atom stereocenters. The molecule has 5 heteroatoms. The molecule has 3 aromatic rings. The van der Waals surface area contributed by atoms with E-state index in [1.807, 2.05) is 56.3 Å². The molecule has 0 amide bonds. The van der Waals surface area contributed by atoms with Crippen LogP contribution in [0.4, 0.5) is 0 Å². The molecule has 2 aromatic carbocycles. The third kappa shape index (κ3) is 4.10. The number of carbonyl (C=O) groups is 1. The molecule has 0 aliphatic carbocycles. The van der Waals surface area contributed by atoms with Crippen LogP contribution in [0.2, 0.25) is 0 Å². The minimum Gasteiger partial charge on any atom is -0.496 e. The number of nitrogens with zero attached hydrogens (tertiary/aromatic N) is 1. The van der Waals surface area contributed by atoms with Gasteiger partial charge in [0.05, 0.1) is 12.7 Å². The second-order valence-corrected chi connectivity index (χ2v) is 6.82. The molecule has 1 heterocycles. The van der Waals surface area contributed by atoms with Crippen molar-refractivity contribution in [2.45, 2.75) is 33.5 Å². The van der Waals surface area contributed by atoms with E-state index in [2.05, 4.69) is 22.0 Å². The zero-order valence-corrected chi connectivity index (χ0v) is 16.5. The number of methoxy groups -OCH3 is 1. The van der Waals surface area contributed by atoms with Gasteiger partial charge in [-0.05, 0) is 25.5 Å². The quantitative estimate of drug-likeness (QED) is 0.618. The minimum absolute atomic E-state index is 0.390. The van der Waals surface area contributed by atoms with Gasteiger partial charge in [0.2, 0.25) is 0 Å². The maximum Gasteiger partial charge on any atom is 0.337 e. The molecule has 0 aliphatic rings. The SMILES string of the molecule is COc1ccccc1CNCc1c(C(=O)O)c(C)n(Cc2ccccc2)c1C. The lowest BCUT2D eigenvalue weighted by Gasteiger charge is -2.11. The maximum atomic E-state index is 11.9. The van der Waals surface area contributed by atoms with E-state index in [1.165, 1.54) is 0 Å². The summed E-state index contributed by atoms with van der Waals surface area (Å²) in [5, 5.41) is 13.2. The predicted molar refractivity (Wildman–Crippen MR) is 110 cm³/mol. The van der Waals surface area contributed by atoms with Gasteiger partial charge >= 0.3 is 5.97 Å². The predicted octanol–water partition coefficient (Wildman–Crippen LogP) is 4.15. The van der Waals surface area contributed by atoms with Crippen LogP contribution in [0.5, 0.6) is 5.75 Å². The Balaban J connectivity index is 1.83. The average Bonchev–Trinajstić information content (AvgIpc) is 2.93. The number of para-hydroxylation sites is 1. The standard InChI is InChI=1S/C23H26N2O3/c1-16-20(14-24-13-19-11-7-8-12-21(19)28-3)22(23(26)27)17(2)25(16)15-18-9-5-4-6-10-18/h4-12,24H,13-15H2,1-3H3,(H,26,27). The Kier molecular flexibility index (Phi) is 6.16. The molecule has 0 saturated carbocycles. The van der Waals surface area contributed by atoms with E-state index in [4.69, 9.17) is 4.74 Å². The van der Waals surface area contributed by atoms with Crippen LogP contribution in [0, 0.1) is 13.8 Å². The molecule has 0 spiro atoms. The fourth-order valence-corrected chi connectivity index (χ4v) is 3.62. The molecule has 0 atom stereocenters. The molecule has 0 radical (unpaired) electrons. The van der Waals surface area contributed by atoms with Gasteiger partial charge in [-0.2, -0.15) is 0 Å². The van der Waals surface area contributed by atoms with Crippen LogP contribution in [-0.2, 0) is 19.6 Å². The van der Waals surface area contributed by atoms with E-state index in [0.717, 1.165) is 33.8 Å². The summed E-state index contributed by atoms with van der Waals surface area (Å²) in [4.78, 5) is 11.9. The van der Waals surface area contributed by atoms with Crippen molar-refractivity contribution in [3.63, 3.8) is 0 Å². The fraction of sp³-hybridized carbons (Fsp3) is 0.261. The average molecular weight is 378 g/mol. The van der Waals surface area contributed by atoms with Crippen LogP contribution >= 0.6 is 0 Å². The number of carboxylic acids is 1. The Morgan fingerprint density at radius 1 is 1.00 bits per heavy atom. The summed E-state index contributed by atoms with van der Waals surface area (Å²) >= 11 is 0. The van der Waals surface area contributed by atoms with Crippen molar-refractivity contribution in [2.24, 2.45) is 0 Å². The lowest BCUT2D eigenvalue weighted by atomic mass is 10.1. The zero-order chi connectivity index (χ0) is 20.1. The van der Waals surface area contributed by atoms with Gasteiger partial charge in [0.15, 0.2) is 0 Å². The van der Waals surface area contributed by atoms with Gasteiger partial charge in [0, 0.05) is 42.1 Å². The van der Waals surface area contributed by atoms with Gasteiger partial charge in [-0.15, -0.1) is 0 Å². The van der Waals surface area contributed by atoms with Gasteiger partial charge in [-0.25, -0.2) is 4.79 Å². The highest BCUT2D eigenvalue weighted by Crippen LogP contribution is 2.24. The molecule has 0 saturated heterocycles. The fourth-order valence-electron chi connectivity index (χ4n) is 3.62. The normalized spacial score (nSPS) is 10.8. The Bertz CT molecular complexity index is 961. The van der Waals surface area contributed by atoms with Gasteiger partial charge in [-0.1, -0.05) is 48.5 Å². The second-order valence-electron chi connectivity index (χ2n) is 6.82. The summed E-state index contributed by atoms with van der Waals surface area (Å²) in [6.07, 6.45) is 0. The van der Waals surface area contributed by atoms with Crippen molar-refractivity contribution < 1.29 is 14.6 Å². The van der Waals surface area contributed by atoms with E-state index in [-0.39, 0.29) is 0 Å². The van der Waals surface area contributed by atoms with E-state index in [1.54, 1.807) is 7.11 Å². The lowest BCUT2D eigenvalue weighted by molar-refractivity contribution is 0.0694. The minimum atomic E-state index is -0.887. The first-order valence-electron chi connectivity index (χ1n) is 9.31. The Morgan fingerprint density at radius 3 is 2.36 bits per heavy atom. The van der Waals surface area contributed by atoms with Gasteiger partial charge < -0.3 is 19.7 Å². The van der Waals surface area contributed by atoms with Crippen molar-refractivity contribution in [1.29, 1.82) is 0 Å². The smallest absolute Gasteiger partial charge is 0.337 e. The highest BCUT2D eigenvalue weighted by molar-refractivity contribution is 5.91. The summed E-state index contributed by atoms with van der Waals surface area (Å²) in [6.45, 7) is 5.61. The largest absolute Gasteiger partial charge is 0.496 e. The first kappa shape index (κ1) is 19.7. The van der Waals surface area contributed by atoms with Crippen LogP contribution in [-0.4, -0.2) is 22.8 Å². The van der Waals surface area contributed by atoms with E-state index >= 15 is 0 Å². The van der Waals surface area contributed by atoms with Gasteiger partial charge in [0.1, 0.15) is 5.75 Å². The highest BCUT2D eigenvalue weighted by atomic mass is 16.5. The molecule has 5 nitrogen and oxygen atoms in total. The van der Waals surface area contributed by atoms with Crippen LogP contribution in [0.1, 0.15) is 38.4 Å². The lowest BCUT2D eigenvalue weighted by Crippen LogP contribution is -2.16. The monoisotopic (exact) mass is 378 g/mol. The number of aromatic nitrogens is 1. The number of hydrogen-bond acceptors (Lipinski definition) is 3. The number of ether oxygens (including phenoxy) is 1. The number of hydrogen-bond donors (Lipinski definition) is 2. The van der Waals surface area contributed by atoms with E-state index < -0.39 is 5.97 Å². The summed E-state index contributed by atoms with van der Waals surface area (Å²) in [7, 11) is 1.65. The zero-order valence-electron chi connectivity index (χ0n) is 16.5. The topological polar surface area (TPSA) is 63.5 Å². The van der Waals surface area contributed by atoms with Crippen molar-refractivity contribution >= 4 is 5.97 Å². The first-order valence-corrected chi connectivity index (χ1v) is 9.31. The first-order chi connectivity index (χ1) is 13.5. The van der Waals surface area contributed by atoms with Crippen molar-refractivity contribution in [3.05, 3.63) is 88.2 Å². The van der Waals surface area contributed by atoms with Gasteiger partial charge in [-0.3, -0.25) is 0 Å². The van der Waals surface area contributed by atoms with Gasteiger partial charge in [0.25, 0.3) is 0 Å². The molecule has 0 bridgehead atoms. The summed E-state index contributed by atoms with van der Waals surface area (Å²) in [5.41, 5.74) is 5.17. The third-order valence-corrected chi connectivity index (χ3v) is 5.12. The molecule has 3 rings (SSSR count). The van der Waals surface area contributed by atoms with Crippen LogP contribution < -0.4 is 10.1 Å². The molecule has 0 aliphatic heterocycles. The Labute approximate surface area is 165 Å². The molecule has 28 heavy (non-hydrogen) atoms. The Hall–Kier alpha value is -3.05. The Morgan fingerprint density at radius 2 is 1.68 bits per heavy atom. The number of rotatable bonds is 8. The molecule has 1 aromatic heterocycles. The second kappa shape index (κ2) is 8.76. The third-order valence-electron chi connectivity index (χ3n) is 5.12. The number of aromatic carboxylic acids is 1. The molecular weight excluding hydrogens is 352 g/mol. The number of nitrogens with one attached hydrogen (secondary N) is 1. The van der Waals surface area contributed by atoms with E-state index in [9.17, 15) is 9.90 Å². The molecular formula is C23H26N2O3. The summed E-state index contributed by atoms with van der Waals surface area (Å²) in [6, 6.07) is 17.9. The van der Waals surface area contributed by atoms with E-state index in [0.29, 0.717) is 25.2 Å². The molecule has 146 valence electrons. The van der Waals surface area contributed by atoms with Crippen molar-refractivity contribution in [2.75, 3.05) is 7.11 Å². The van der Waals surface area contributed by atoms with Crippen molar-refractivity contribution in [3.8, 4) is 5.75 Å². The van der Waals surface area contributed by atoms with Crippen LogP contribution in [0.25, 0.3) is 0 Å². The van der Waals surface area contributed by atoms with Crippen molar-refractivity contribution in [1.82, 2.24) is 9.88 Å². The van der Waals surface area contributed by atoms with Crippen LogP contribution in [0.15, 0.2) is 54.6 Å². The number of benzene rings is 2. The van der Waals surface area contributed by atoms with Crippen LogP contribution in [0.3, 0.4) is 0 Å². The maximum absolute atomic E-state index is 11.9.